The molecule has 0 radical (unpaired) electrons. The molecule has 0 bridgehead atoms. The standard InChI is InChI=1S/C12H15NO/c1-2-10(11-3-5-13-8-11)7-12-9(1)4-6-14-12/h1-2,7,11,13H,3-6,8H2/t11-/m0/s1. The van der Waals surface area contributed by atoms with Crippen LogP contribution in [0.25, 0.3) is 0 Å². The van der Waals surface area contributed by atoms with Crippen molar-refractivity contribution in [3.8, 4) is 5.75 Å². The van der Waals surface area contributed by atoms with Gasteiger partial charge in [-0.05, 0) is 36.1 Å². The van der Waals surface area contributed by atoms with Crippen LogP contribution in [0.15, 0.2) is 18.2 Å². The molecule has 1 N–H and O–H groups in total. The summed E-state index contributed by atoms with van der Waals surface area (Å²) in [7, 11) is 0. The Morgan fingerprint density at radius 2 is 2.36 bits per heavy atom. The van der Waals surface area contributed by atoms with Crippen LogP contribution in [0.5, 0.6) is 5.75 Å². The summed E-state index contributed by atoms with van der Waals surface area (Å²) in [5, 5.41) is 3.40. The van der Waals surface area contributed by atoms with Gasteiger partial charge >= 0.3 is 0 Å². The quantitative estimate of drug-likeness (QED) is 0.726. The average Bonchev–Trinajstić information content (AvgIpc) is 2.88. The molecule has 1 aromatic carbocycles. The maximum Gasteiger partial charge on any atom is 0.122 e. The van der Waals surface area contributed by atoms with E-state index < -0.39 is 0 Å². The molecule has 0 saturated carbocycles. The number of ether oxygens (including phenoxy) is 1. The van der Waals surface area contributed by atoms with E-state index in [1.54, 1.807) is 0 Å². The van der Waals surface area contributed by atoms with Crippen LogP contribution in [0.3, 0.4) is 0 Å². The van der Waals surface area contributed by atoms with Crippen LogP contribution < -0.4 is 10.1 Å². The van der Waals surface area contributed by atoms with Crippen molar-refractivity contribution in [2.75, 3.05) is 19.7 Å². The maximum absolute atomic E-state index is 5.58. The van der Waals surface area contributed by atoms with E-state index in [0.717, 1.165) is 31.9 Å². The fourth-order valence-corrected chi connectivity index (χ4v) is 2.38. The van der Waals surface area contributed by atoms with E-state index in [2.05, 4.69) is 23.5 Å². The van der Waals surface area contributed by atoms with Crippen molar-refractivity contribution in [2.24, 2.45) is 0 Å². The first-order valence-corrected chi connectivity index (χ1v) is 5.40. The van der Waals surface area contributed by atoms with Crippen LogP contribution in [0, 0.1) is 0 Å². The Morgan fingerprint density at radius 1 is 1.36 bits per heavy atom. The van der Waals surface area contributed by atoms with Crippen LogP contribution in [0.2, 0.25) is 0 Å². The van der Waals surface area contributed by atoms with Gasteiger partial charge in [-0.1, -0.05) is 12.1 Å². The molecule has 1 saturated heterocycles. The van der Waals surface area contributed by atoms with Gasteiger partial charge in [0, 0.05) is 13.0 Å². The molecule has 14 heavy (non-hydrogen) atoms. The zero-order valence-corrected chi connectivity index (χ0v) is 8.25. The maximum atomic E-state index is 5.58. The van der Waals surface area contributed by atoms with Crippen LogP contribution in [-0.4, -0.2) is 19.7 Å². The SMILES string of the molecule is c1cc2c(cc1[C@H]1CCNC1)OCC2. The molecule has 1 atom stereocenters. The van der Waals surface area contributed by atoms with Crippen LogP contribution in [-0.2, 0) is 6.42 Å². The van der Waals surface area contributed by atoms with Crippen molar-refractivity contribution in [2.45, 2.75) is 18.8 Å². The Balaban J connectivity index is 1.91. The second-order valence-corrected chi connectivity index (χ2v) is 4.16. The normalized spacial score (nSPS) is 24.7. The van der Waals surface area contributed by atoms with Gasteiger partial charge in [0.05, 0.1) is 6.61 Å². The Labute approximate surface area is 84.3 Å². The monoisotopic (exact) mass is 189 g/mol. The number of hydrogen-bond donors (Lipinski definition) is 1. The zero-order valence-electron chi connectivity index (χ0n) is 8.25. The number of fused-ring (bicyclic) bond motifs is 1. The minimum atomic E-state index is 0.699. The van der Waals surface area contributed by atoms with Crippen molar-refractivity contribution in [1.82, 2.24) is 5.32 Å². The van der Waals surface area contributed by atoms with Crippen molar-refractivity contribution < 1.29 is 4.74 Å². The van der Waals surface area contributed by atoms with Gasteiger partial charge in [-0.3, -0.25) is 0 Å². The van der Waals surface area contributed by atoms with Gasteiger partial charge in [-0.15, -0.1) is 0 Å². The van der Waals surface area contributed by atoms with Gasteiger partial charge in [0.2, 0.25) is 0 Å². The first kappa shape index (κ1) is 8.30. The molecule has 1 aromatic rings. The smallest absolute Gasteiger partial charge is 0.122 e. The molecule has 2 nitrogen and oxygen atoms in total. The van der Waals surface area contributed by atoms with Crippen molar-refractivity contribution in [1.29, 1.82) is 0 Å². The van der Waals surface area contributed by atoms with Crippen LogP contribution in [0.4, 0.5) is 0 Å². The van der Waals surface area contributed by atoms with Gasteiger partial charge in [0.15, 0.2) is 0 Å². The highest BCUT2D eigenvalue weighted by molar-refractivity contribution is 5.41. The molecule has 0 amide bonds. The Kier molecular flexibility index (Phi) is 1.95. The molecule has 2 aliphatic heterocycles. The molecule has 0 unspecified atom stereocenters. The first-order chi connectivity index (χ1) is 6.93. The van der Waals surface area contributed by atoms with Gasteiger partial charge in [0.1, 0.15) is 5.75 Å². The third-order valence-electron chi connectivity index (χ3n) is 3.25. The molecule has 1 fully saturated rings. The predicted molar refractivity (Wildman–Crippen MR) is 55.9 cm³/mol. The topological polar surface area (TPSA) is 21.3 Å². The fraction of sp³-hybridized carbons (Fsp3) is 0.500. The lowest BCUT2D eigenvalue weighted by Gasteiger charge is -2.09. The van der Waals surface area contributed by atoms with Crippen LogP contribution >= 0.6 is 0 Å². The van der Waals surface area contributed by atoms with Crippen LogP contribution in [0.1, 0.15) is 23.5 Å². The highest BCUT2D eigenvalue weighted by Gasteiger charge is 2.19. The minimum absolute atomic E-state index is 0.699. The number of nitrogens with one attached hydrogen (secondary N) is 1. The van der Waals surface area contributed by atoms with E-state index in [0.29, 0.717) is 5.92 Å². The molecule has 2 aliphatic rings. The van der Waals surface area contributed by atoms with E-state index in [4.69, 9.17) is 4.74 Å². The van der Waals surface area contributed by atoms with Gasteiger partial charge < -0.3 is 10.1 Å². The summed E-state index contributed by atoms with van der Waals surface area (Å²) in [6, 6.07) is 6.74. The van der Waals surface area contributed by atoms with Crippen molar-refractivity contribution in [3.05, 3.63) is 29.3 Å². The third kappa shape index (κ3) is 1.30. The molecular formula is C12H15NO. The average molecular weight is 189 g/mol. The van der Waals surface area contributed by atoms with Crippen molar-refractivity contribution >= 4 is 0 Å². The molecule has 0 spiro atoms. The summed E-state index contributed by atoms with van der Waals surface area (Å²) in [5.74, 6) is 1.82. The third-order valence-corrected chi connectivity index (χ3v) is 3.25. The first-order valence-electron chi connectivity index (χ1n) is 5.40. The largest absolute Gasteiger partial charge is 0.493 e. The molecule has 74 valence electrons. The molecule has 3 rings (SSSR count). The lowest BCUT2D eigenvalue weighted by atomic mass is 9.97. The Morgan fingerprint density at radius 3 is 3.21 bits per heavy atom. The fourth-order valence-electron chi connectivity index (χ4n) is 2.38. The zero-order chi connectivity index (χ0) is 9.38. The van der Waals surface area contributed by atoms with Crippen molar-refractivity contribution in [3.63, 3.8) is 0 Å². The highest BCUT2D eigenvalue weighted by Crippen LogP contribution is 2.31. The highest BCUT2D eigenvalue weighted by atomic mass is 16.5. The summed E-state index contributed by atoms with van der Waals surface area (Å²) < 4.78 is 5.58. The minimum Gasteiger partial charge on any atom is -0.493 e. The van der Waals surface area contributed by atoms with E-state index in [-0.39, 0.29) is 0 Å². The summed E-state index contributed by atoms with van der Waals surface area (Å²) in [4.78, 5) is 0. The molecule has 0 aliphatic carbocycles. The number of rotatable bonds is 1. The number of benzene rings is 1. The van der Waals surface area contributed by atoms with Gasteiger partial charge in [0.25, 0.3) is 0 Å². The van der Waals surface area contributed by atoms with E-state index in [9.17, 15) is 0 Å². The molecule has 0 aromatic heterocycles. The lowest BCUT2D eigenvalue weighted by molar-refractivity contribution is 0.356. The van der Waals surface area contributed by atoms with E-state index in [1.165, 1.54) is 17.5 Å². The summed E-state index contributed by atoms with van der Waals surface area (Å²) in [5.41, 5.74) is 2.82. The summed E-state index contributed by atoms with van der Waals surface area (Å²) in [6.45, 7) is 3.14. The molecular weight excluding hydrogens is 174 g/mol. The molecule has 2 heterocycles. The van der Waals surface area contributed by atoms with Gasteiger partial charge in [-0.2, -0.15) is 0 Å². The number of hydrogen-bond acceptors (Lipinski definition) is 2. The lowest BCUT2D eigenvalue weighted by Crippen LogP contribution is -2.07. The Hall–Kier alpha value is -1.02. The predicted octanol–water partition coefficient (Wildman–Crippen LogP) is 1.70. The second kappa shape index (κ2) is 3.28. The Bertz CT molecular complexity index is 342. The molecule has 2 heteroatoms. The summed E-state index contributed by atoms with van der Waals surface area (Å²) >= 11 is 0. The van der Waals surface area contributed by atoms with Gasteiger partial charge in [-0.25, -0.2) is 0 Å². The van der Waals surface area contributed by atoms with E-state index >= 15 is 0 Å². The van der Waals surface area contributed by atoms with E-state index in [1.807, 2.05) is 0 Å². The summed E-state index contributed by atoms with van der Waals surface area (Å²) in [6.07, 6.45) is 2.34. The second-order valence-electron chi connectivity index (χ2n) is 4.16.